The number of benzene rings is 3. The summed E-state index contributed by atoms with van der Waals surface area (Å²) in [4.78, 5) is 58.5. The fourth-order valence-corrected chi connectivity index (χ4v) is 4.60. The van der Waals surface area contributed by atoms with E-state index in [1.807, 2.05) is 60.7 Å². The lowest BCUT2D eigenvalue weighted by molar-refractivity contribution is -0.143. The summed E-state index contributed by atoms with van der Waals surface area (Å²) < 4.78 is 0. The Balaban J connectivity index is 2.06. The zero-order chi connectivity index (χ0) is 32.1. The molecule has 0 heterocycles. The van der Waals surface area contributed by atoms with Gasteiger partial charge in [-0.05, 0) is 41.7 Å². The lowest BCUT2D eigenvalue weighted by Gasteiger charge is -2.34. The molecule has 44 heavy (non-hydrogen) atoms. The molecule has 0 aromatic heterocycles. The van der Waals surface area contributed by atoms with E-state index in [4.69, 9.17) is 11.5 Å². The minimum absolute atomic E-state index is 0.0321. The van der Waals surface area contributed by atoms with Crippen LogP contribution in [0.15, 0.2) is 89.9 Å². The first-order valence-corrected chi connectivity index (χ1v) is 14.1. The van der Waals surface area contributed by atoms with E-state index in [0.29, 0.717) is 17.7 Å². The molecule has 3 aromatic rings. The largest absolute Gasteiger partial charge is 0.480 e. The van der Waals surface area contributed by atoms with Gasteiger partial charge in [-0.3, -0.25) is 19.4 Å². The van der Waals surface area contributed by atoms with E-state index in [2.05, 4.69) is 15.6 Å². The van der Waals surface area contributed by atoms with E-state index in [0.717, 1.165) is 11.1 Å². The van der Waals surface area contributed by atoms with Gasteiger partial charge in [0.1, 0.15) is 12.6 Å². The summed E-state index contributed by atoms with van der Waals surface area (Å²) in [5.74, 6) is -3.01. The van der Waals surface area contributed by atoms with Crippen molar-refractivity contribution in [3.05, 3.63) is 102 Å². The van der Waals surface area contributed by atoms with Gasteiger partial charge in [0.05, 0.1) is 5.92 Å². The van der Waals surface area contributed by atoms with Crippen LogP contribution in [0.4, 0.5) is 10.5 Å². The van der Waals surface area contributed by atoms with Crippen molar-refractivity contribution in [1.82, 2.24) is 15.1 Å². The number of hydrogen-bond donors (Lipinski definition) is 5. The van der Waals surface area contributed by atoms with Crippen LogP contribution in [-0.4, -0.2) is 77.9 Å². The highest BCUT2D eigenvalue weighted by Crippen LogP contribution is 2.29. The van der Waals surface area contributed by atoms with E-state index in [-0.39, 0.29) is 37.4 Å². The number of anilines is 1. The Kier molecular flexibility index (Phi) is 12.3. The molecule has 0 bridgehead atoms. The van der Waals surface area contributed by atoms with Crippen molar-refractivity contribution < 1.29 is 24.3 Å². The van der Waals surface area contributed by atoms with Crippen molar-refractivity contribution >= 4 is 35.5 Å². The third-order valence-electron chi connectivity index (χ3n) is 6.78. The molecule has 3 aromatic carbocycles. The van der Waals surface area contributed by atoms with Crippen molar-refractivity contribution in [3.63, 3.8) is 0 Å². The van der Waals surface area contributed by atoms with Crippen molar-refractivity contribution in [3.8, 4) is 0 Å². The lowest BCUT2D eigenvalue weighted by Crippen LogP contribution is -2.51. The Bertz CT molecular complexity index is 1390. The number of amides is 4. The zero-order valence-electron chi connectivity index (χ0n) is 24.8. The molecule has 12 heteroatoms. The molecule has 12 nitrogen and oxygen atoms in total. The molecule has 0 radical (unpaired) electrons. The number of carbonyl (C=O) groups excluding carboxylic acids is 3. The van der Waals surface area contributed by atoms with E-state index in [1.54, 1.807) is 38.4 Å². The van der Waals surface area contributed by atoms with Crippen LogP contribution >= 0.6 is 0 Å². The van der Waals surface area contributed by atoms with Gasteiger partial charge in [0, 0.05) is 32.9 Å². The molecule has 232 valence electrons. The van der Waals surface area contributed by atoms with E-state index >= 15 is 0 Å². The van der Waals surface area contributed by atoms with E-state index in [9.17, 15) is 24.3 Å². The molecule has 0 fully saturated rings. The molecule has 7 N–H and O–H groups in total. The van der Waals surface area contributed by atoms with Crippen molar-refractivity contribution in [2.75, 3.05) is 32.5 Å². The van der Waals surface area contributed by atoms with Crippen LogP contribution < -0.4 is 22.1 Å². The number of nitrogens with one attached hydrogen (secondary N) is 2. The van der Waals surface area contributed by atoms with Crippen molar-refractivity contribution in [2.45, 2.75) is 31.3 Å². The summed E-state index contributed by atoms with van der Waals surface area (Å²) in [6.45, 7) is -0.356. The van der Waals surface area contributed by atoms with E-state index in [1.165, 1.54) is 9.80 Å². The van der Waals surface area contributed by atoms with Crippen LogP contribution in [0.2, 0.25) is 0 Å². The van der Waals surface area contributed by atoms with Crippen LogP contribution in [0.25, 0.3) is 0 Å². The summed E-state index contributed by atoms with van der Waals surface area (Å²) in [6.07, 6.45) is 0.519. The predicted molar refractivity (Wildman–Crippen MR) is 169 cm³/mol. The number of carboxylic acids is 1. The number of urea groups is 1. The summed E-state index contributed by atoms with van der Waals surface area (Å²) >= 11 is 0. The van der Waals surface area contributed by atoms with Gasteiger partial charge in [-0.1, -0.05) is 72.8 Å². The van der Waals surface area contributed by atoms with Crippen molar-refractivity contribution in [1.29, 1.82) is 0 Å². The SMILES string of the molecule is CN(C)C(=O)Nc1ccc(CN(C(=O)C(c2ccccc2)c2ccccc2)[C@H](CCCN=C(N)N)C(=O)NCC(=O)O)cc1. The molecule has 0 aliphatic heterocycles. The standard InChI is InChI=1S/C32H39N7O5/c1-38(2)32(44)37-25-17-15-22(16-18-25)21-39(26(14-9-19-35-31(33)34)29(42)36-20-27(40)41)30(43)28(23-10-5-3-6-11-23)24-12-7-4-8-13-24/h3-8,10-13,15-18,26,28H,9,14,19-21H2,1-2H3,(H,36,42)(H,37,44)(H,40,41)(H4,33,34,35)/t26-/m1/s1. The maximum Gasteiger partial charge on any atom is 0.322 e. The quantitative estimate of drug-likeness (QED) is 0.107. The molecule has 0 saturated carbocycles. The highest BCUT2D eigenvalue weighted by Gasteiger charge is 2.35. The smallest absolute Gasteiger partial charge is 0.322 e. The summed E-state index contributed by atoms with van der Waals surface area (Å²) in [5, 5.41) is 14.5. The van der Waals surface area contributed by atoms with Gasteiger partial charge in [0.25, 0.3) is 0 Å². The molecular formula is C32H39N7O5. The number of aliphatic carboxylic acids is 1. The Morgan fingerprint density at radius 2 is 1.43 bits per heavy atom. The number of nitrogens with two attached hydrogens (primary N) is 2. The molecule has 0 saturated heterocycles. The first kappa shape index (κ1) is 33.1. The Morgan fingerprint density at radius 3 is 1.93 bits per heavy atom. The number of rotatable bonds is 14. The Hall–Kier alpha value is -5.39. The molecule has 0 aliphatic rings. The maximum absolute atomic E-state index is 14.7. The van der Waals surface area contributed by atoms with Gasteiger partial charge in [0.15, 0.2) is 5.96 Å². The lowest BCUT2D eigenvalue weighted by atomic mass is 9.89. The van der Waals surface area contributed by atoms with Crippen LogP contribution in [0.1, 0.15) is 35.4 Å². The number of hydrogen-bond acceptors (Lipinski definition) is 5. The maximum atomic E-state index is 14.7. The molecule has 0 aliphatic carbocycles. The minimum Gasteiger partial charge on any atom is -0.480 e. The number of carboxylic acid groups (broad SMARTS) is 1. The fraction of sp³-hybridized carbons (Fsp3) is 0.281. The predicted octanol–water partition coefficient (Wildman–Crippen LogP) is 2.56. The minimum atomic E-state index is -1.21. The molecule has 0 unspecified atom stereocenters. The summed E-state index contributed by atoms with van der Waals surface area (Å²) in [7, 11) is 3.26. The normalized spacial score (nSPS) is 11.2. The van der Waals surface area contributed by atoms with E-state index < -0.39 is 30.4 Å². The van der Waals surface area contributed by atoms with Crippen LogP contribution in [0.5, 0.6) is 0 Å². The highest BCUT2D eigenvalue weighted by molar-refractivity contribution is 5.93. The van der Waals surface area contributed by atoms with Gasteiger partial charge in [-0.25, -0.2) is 4.79 Å². The number of aliphatic imine (C=N–C) groups is 1. The monoisotopic (exact) mass is 601 g/mol. The number of carbonyl (C=O) groups is 4. The average Bonchev–Trinajstić information content (AvgIpc) is 3.00. The van der Waals surface area contributed by atoms with Crippen molar-refractivity contribution in [2.24, 2.45) is 16.5 Å². The fourth-order valence-electron chi connectivity index (χ4n) is 4.60. The third-order valence-corrected chi connectivity index (χ3v) is 6.78. The second-order valence-electron chi connectivity index (χ2n) is 10.3. The topological polar surface area (TPSA) is 183 Å². The molecule has 1 atom stereocenters. The van der Waals surface area contributed by atoms with Gasteiger partial charge in [-0.2, -0.15) is 0 Å². The number of guanidine groups is 1. The number of nitrogens with zero attached hydrogens (tertiary/aromatic N) is 3. The van der Waals surface area contributed by atoms with Crippen LogP contribution in [0, 0.1) is 0 Å². The first-order valence-electron chi connectivity index (χ1n) is 14.1. The van der Waals surface area contributed by atoms with Crippen LogP contribution in [0.3, 0.4) is 0 Å². The average molecular weight is 602 g/mol. The third kappa shape index (κ3) is 9.86. The molecular weight excluding hydrogens is 562 g/mol. The van der Waals surface area contributed by atoms with Gasteiger partial charge < -0.3 is 37.0 Å². The van der Waals surface area contributed by atoms with Gasteiger partial charge in [0.2, 0.25) is 11.8 Å². The summed E-state index contributed by atoms with van der Waals surface area (Å²) in [6, 6.07) is 24.1. The molecule has 4 amide bonds. The Morgan fingerprint density at radius 1 is 0.864 bits per heavy atom. The van der Waals surface area contributed by atoms with Crippen LogP contribution in [-0.2, 0) is 20.9 Å². The molecule has 3 rings (SSSR count). The highest BCUT2D eigenvalue weighted by atomic mass is 16.4. The van der Waals surface area contributed by atoms with Gasteiger partial charge >= 0.3 is 12.0 Å². The van der Waals surface area contributed by atoms with Gasteiger partial charge in [-0.15, -0.1) is 0 Å². The second-order valence-corrected chi connectivity index (χ2v) is 10.3. The Labute approximate surface area is 256 Å². The zero-order valence-corrected chi connectivity index (χ0v) is 24.8. The second kappa shape index (κ2) is 16.3. The molecule has 0 spiro atoms. The summed E-state index contributed by atoms with van der Waals surface area (Å²) in [5.41, 5.74) is 13.7. The first-order chi connectivity index (χ1) is 21.1.